The number of amides is 2. The van der Waals surface area contributed by atoms with E-state index in [0.29, 0.717) is 26.3 Å². The molecule has 0 spiro atoms. The zero-order valence-corrected chi connectivity index (χ0v) is 15.9. The molecule has 2 aliphatic heterocycles. The van der Waals surface area contributed by atoms with Crippen LogP contribution in [-0.2, 0) is 17.7 Å². The Morgan fingerprint density at radius 1 is 1.04 bits per heavy atom. The molecule has 0 radical (unpaired) electrons. The van der Waals surface area contributed by atoms with Crippen molar-refractivity contribution in [2.24, 2.45) is 0 Å². The minimum absolute atomic E-state index is 0.00512. The van der Waals surface area contributed by atoms with Crippen LogP contribution in [0.3, 0.4) is 0 Å². The molecule has 148 valence electrons. The standard InChI is InChI=1S/C22H26FN3O2/c23-20-7-5-18(6-8-20)21(25-11-13-28-14-12-25)15-24-22(27)26-10-9-17-3-1-2-4-19(17)16-26/h1-8,21H,9-16H2,(H,24,27)/t21-/m0/s1. The van der Waals surface area contributed by atoms with Gasteiger partial charge >= 0.3 is 6.03 Å². The summed E-state index contributed by atoms with van der Waals surface area (Å²) >= 11 is 0. The fourth-order valence-corrected chi connectivity index (χ4v) is 4.00. The van der Waals surface area contributed by atoms with Gasteiger partial charge in [-0.1, -0.05) is 36.4 Å². The number of nitrogens with one attached hydrogen (secondary N) is 1. The average Bonchev–Trinajstić information content (AvgIpc) is 2.75. The fourth-order valence-electron chi connectivity index (χ4n) is 4.00. The number of carbonyl (C=O) groups excluding carboxylic acids is 1. The molecule has 4 rings (SSSR count). The van der Waals surface area contributed by atoms with Crippen LogP contribution in [0, 0.1) is 5.82 Å². The number of rotatable bonds is 4. The summed E-state index contributed by atoms with van der Waals surface area (Å²) in [4.78, 5) is 17.0. The van der Waals surface area contributed by atoms with Gasteiger partial charge in [-0.05, 0) is 35.2 Å². The third-order valence-electron chi connectivity index (χ3n) is 5.61. The Labute approximate surface area is 165 Å². The largest absolute Gasteiger partial charge is 0.379 e. The number of nitrogens with zero attached hydrogens (tertiary/aromatic N) is 2. The molecule has 2 aromatic carbocycles. The number of halogens is 1. The summed E-state index contributed by atoms with van der Waals surface area (Å²) in [5.41, 5.74) is 3.55. The van der Waals surface area contributed by atoms with Gasteiger partial charge in [0.05, 0.1) is 19.3 Å². The number of hydrogen-bond donors (Lipinski definition) is 1. The van der Waals surface area contributed by atoms with E-state index < -0.39 is 0 Å². The Hall–Kier alpha value is -2.44. The zero-order chi connectivity index (χ0) is 19.3. The van der Waals surface area contributed by atoms with E-state index in [1.165, 1.54) is 23.3 Å². The van der Waals surface area contributed by atoms with Crippen LogP contribution >= 0.6 is 0 Å². The monoisotopic (exact) mass is 383 g/mol. The molecule has 0 bridgehead atoms. The summed E-state index contributed by atoms with van der Waals surface area (Å²) in [5.74, 6) is -0.250. The van der Waals surface area contributed by atoms with E-state index >= 15 is 0 Å². The second-order valence-electron chi connectivity index (χ2n) is 7.34. The van der Waals surface area contributed by atoms with Gasteiger partial charge in [-0.25, -0.2) is 9.18 Å². The van der Waals surface area contributed by atoms with E-state index in [4.69, 9.17) is 4.74 Å². The van der Waals surface area contributed by atoms with Crippen molar-refractivity contribution in [2.75, 3.05) is 39.4 Å². The third-order valence-corrected chi connectivity index (χ3v) is 5.61. The molecule has 1 saturated heterocycles. The van der Waals surface area contributed by atoms with E-state index in [1.54, 1.807) is 12.1 Å². The van der Waals surface area contributed by atoms with Gasteiger partial charge in [-0.2, -0.15) is 0 Å². The molecule has 0 aromatic heterocycles. The predicted molar refractivity (Wildman–Crippen MR) is 105 cm³/mol. The van der Waals surface area contributed by atoms with Crippen LogP contribution in [-0.4, -0.2) is 55.2 Å². The van der Waals surface area contributed by atoms with Gasteiger partial charge in [-0.3, -0.25) is 4.90 Å². The van der Waals surface area contributed by atoms with E-state index in [0.717, 1.165) is 31.6 Å². The maximum Gasteiger partial charge on any atom is 0.317 e. The molecular weight excluding hydrogens is 357 g/mol. The normalized spacial score (nSPS) is 18.4. The van der Waals surface area contributed by atoms with Crippen molar-refractivity contribution in [3.05, 3.63) is 71.0 Å². The fraction of sp³-hybridized carbons (Fsp3) is 0.409. The van der Waals surface area contributed by atoms with Crippen LogP contribution in [0.5, 0.6) is 0 Å². The molecule has 1 atom stereocenters. The molecule has 0 unspecified atom stereocenters. The summed E-state index contributed by atoms with van der Waals surface area (Å²) in [6.07, 6.45) is 0.883. The van der Waals surface area contributed by atoms with Crippen molar-refractivity contribution >= 4 is 6.03 Å². The van der Waals surface area contributed by atoms with Crippen LogP contribution < -0.4 is 5.32 Å². The summed E-state index contributed by atoms with van der Waals surface area (Å²) in [6, 6.07) is 14.8. The van der Waals surface area contributed by atoms with Crippen LogP contribution in [0.4, 0.5) is 9.18 Å². The van der Waals surface area contributed by atoms with Gasteiger partial charge in [-0.15, -0.1) is 0 Å². The number of carbonyl (C=O) groups is 1. The number of morpholine rings is 1. The molecule has 6 heteroatoms. The minimum Gasteiger partial charge on any atom is -0.379 e. The molecule has 2 heterocycles. The van der Waals surface area contributed by atoms with Crippen LogP contribution in [0.25, 0.3) is 0 Å². The van der Waals surface area contributed by atoms with Crippen molar-refractivity contribution in [3.63, 3.8) is 0 Å². The van der Waals surface area contributed by atoms with Gasteiger partial charge in [0.25, 0.3) is 0 Å². The van der Waals surface area contributed by atoms with Gasteiger partial charge in [0.15, 0.2) is 0 Å². The van der Waals surface area contributed by atoms with Crippen molar-refractivity contribution in [1.82, 2.24) is 15.1 Å². The first kappa shape index (κ1) is 18.9. The van der Waals surface area contributed by atoms with Crippen molar-refractivity contribution in [2.45, 2.75) is 19.0 Å². The molecular formula is C22H26FN3O2. The Bertz CT molecular complexity index is 806. The van der Waals surface area contributed by atoms with Crippen LogP contribution in [0.2, 0.25) is 0 Å². The highest BCUT2D eigenvalue weighted by atomic mass is 19.1. The van der Waals surface area contributed by atoms with Gasteiger partial charge < -0.3 is 15.0 Å². The molecule has 2 amide bonds. The summed E-state index contributed by atoms with van der Waals surface area (Å²) in [7, 11) is 0. The quantitative estimate of drug-likeness (QED) is 0.883. The molecule has 1 fully saturated rings. The second-order valence-corrected chi connectivity index (χ2v) is 7.34. The number of fused-ring (bicyclic) bond motifs is 1. The SMILES string of the molecule is O=C(NC[C@@H](c1ccc(F)cc1)N1CCOCC1)N1CCc2ccccc2C1. The number of benzene rings is 2. The highest BCUT2D eigenvalue weighted by molar-refractivity contribution is 5.74. The molecule has 0 aliphatic carbocycles. The number of ether oxygens (including phenoxy) is 1. The molecule has 1 N–H and O–H groups in total. The zero-order valence-electron chi connectivity index (χ0n) is 15.9. The summed E-state index contributed by atoms with van der Waals surface area (Å²) < 4.78 is 18.8. The van der Waals surface area contributed by atoms with Crippen LogP contribution in [0.15, 0.2) is 48.5 Å². The lowest BCUT2D eigenvalue weighted by atomic mass is 10.0. The smallest absolute Gasteiger partial charge is 0.317 e. The van der Waals surface area contributed by atoms with Crippen LogP contribution in [0.1, 0.15) is 22.7 Å². The lowest BCUT2D eigenvalue weighted by Crippen LogP contribution is -2.47. The first-order valence-electron chi connectivity index (χ1n) is 9.87. The number of hydrogen-bond acceptors (Lipinski definition) is 3. The Kier molecular flexibility index (Phi) is 5.88. The van der Waals surface area contributed by atoms with Gasteiger partial charge in [0.1, 0.15) is 5.82 Å². The average molecular weight is 383 g/mol. The van der Waals surface area contributed by atoms with E-state index in [9.17, 15) is 9.18 Å². The molecule has 28 heavy (non-hydrogen) atoms. The van der Waals surface area contributed by atoms with E-state index in [-0.39, 0.29) is 17.9 Å². The highest BCUT2D eigenvalue weighted by Crippen LogP contribution is 2.22. The van der Waals surface area contributed by atoms with E-state index in [2.05, 4.69) is 22.3 Å². The van der Waals surface area contributed by atoms with Crippen molar-refractivity contribution < 1.29 is 13.9 Å². The first-order chi connectivity index (χ1) is 13.7. The molecule has 2 aliphatic rings. The first-order valence-corrected chi connectivity index (χ1v) is 9.87. The number of urea groups is 1. The molecule has 2 aromatic rings. The van der Waals surface area contributed by atoms with Gasteiger partial charge in [0, 0.05) is 32.7 Å². The predicted octanol–water partition coefficient (Wildman–Crippen LogP) is 2.97. The van der Waals surface area contributed by atoms with E-state index in [1.807, 2.05) is 17.0 Å². The maximum absolute atomic E-state index is 13.4. The highest BCUT2D eigenvalue weighted by Gasteiger charge is 2.25. The minimum atomic E-state index is -0.250. The van der Waals surface area contributed by atoms with Crippen molar-refractivity contribution in [3.8, 4) is 0 Å². The lowest BCUT2D eigenvalue weighted by molar-refractivity contribution is 0.0164. The molecule has 0 saturated carbocycles. The second kappa shape index (κ2) is 8.71. The Morgan fingerprint density at radius 3 is 2.50 bits per heavy atom. The lowest BCUT2D eigenvalue weighted by Gasteiger charge is -2.36. The maximum atomic E-state index is 13.4. The summed E-state index contributed by atoms with van der Waals surface area (Å²) in [5, 5.41) is 3.10. The van der Waals surface area contributed by atoms with Gasteiger partial charge in [0.2, 0.25) is 0 Å². The van der Waals surface area contributed by atoms with Crippen molar-refractivity contribution in [1.29, 1.82) is 0 Å². The Balaban J connectivity index is 1.42. The summed E-state index contributed by atoms with van der Waals surface area (Å²) in [6.45, 7) is 4.80. The Morgan fingerprint density at radius 2 is 1.75 bits per heavy atom. The molecule has 5 nitrogen and oxygen atoms in total. The third kappa shape index (κ3) is 4.34. The topological polar surface area (TPSA) is 44.8 Å².